The van der Waals surface area contributed by atoms with Crippen LogP contribution < -0.4 is 0 Å². The summed E-state index contributed by atoms with van der Waals surface area (Å²) in [6, 6.07) is 8.41. The first-order valence-corrected chi connectivity index (χ1v) is 7.99. The normalized spacial score (nSPS) is 19.0. The van der Waals surface area contributed by atoms with Gasteiger partial charge in [-0.05, 0) is 31.2 Å². The molecule has 0 spiro atoms. The highest BCUT2D eigenvalue weighted by Crippen LogP contribution is 2.17. The van der Waals surface area contributed by atoms with Crippen molar-refractivity contribution in [2.24, 2.45) is 5.92 Å². The lowest BCUT2D eigenvalue weighted by Crippen LogP contribution is -2.43. The zero-order valence-corrected chi connectivity index (χ0v) is 13.5. The number of hydrogen-bond donors (Lipinski definition) is 0. The third-order valence-corrected chi connectivity index (χ3v) is 3.88. The van der Waals surface area contributed by atoms with Crippen LogP contribution in [0.1, 0.15) is 44.2 Å². The molecule has 21 heavy (non-hydrogen) atoms. The van der Waals surface area contributed by atoms with E-state index in [1.165, 1.54) is 11.1 Å². The summed E-state index contributed by atoms with van der Waals surface area (Å²) in [6.45, 7) is 8.54. The number of piperidine rings is 1. The molecule has 3 nitrogen and oxygen atoms in total. The van der Waals surface area contributed by atoms with Gasteiger partial charge in [0.15, 0.2) is 0 Å². The number of hydrogen-bond acceptors (Lipinski definition) is 2. The lowest BCUT2D eigenvalue weighted by atomic mass is 10.1. The van der Waals surface area contributed by atoms with Crippen LogP contribution in [0.3, 0.4) is 0 Å². The molecule has 1 aromatic carbocycles. The summed E-state index contributed by atoms with van der Waals surface area (Å²) in [5.41, 5.74) is 2.47. The first kappa shape index (κ1) is 16.0. The van der Waals surface area contributed by atoms with Gasteiger partial charge in [0.1, 0.15) is 0 Å². The van der Waals surface area contributed by atoms with Crippen molar-refractivity contribution in [2.75, 3.05) is 13.1 Å². The summed E-state index contributed by atoms with van der Waals surface area (Å²) in [6.07, 6.45) is 2.92. The minimum absolute atomic E-state index is 0.176. The molecule has 1 aliphatic heterocycles. The van der Waals surface area contributed by atoms with E-state index in [9.17, 15) is 4.79 Å². The van der Waals surface area contributed by atoms with E-state index in [2.05, 4.69) is 45.0 Å². The Bertz CT molecular complexity index is 470. The molecule has 0 unspecified atom stereocenters. The fraction of sp³-hybridized carbons (Fsp3) is 0.611. The Morgan fingerprint density at radius 1 is 1.43 bits per heavy atom. The number of ether oxygens (including phenoxy) is 1. The highest BCUT2D eigenvalue weighted by Gasteiger charge is 2.24. The number of aryl methyl sites for hydroxylation is 1. The van der Waals surface area contributed by atoms with Crippen LogP contribution in [0, 0.1) is 12.8 Å². The molecule has 1 heterocycles. The van der Waals surface area contributed by atoms with E-state index in [1.807, 2.05) is 4.90 Å². The lowest BCUT2D eigenvalue weighted by Gasteiger charge is -2.33. The van der Waals surface area contributed by atoms with E-state index >= 15 is 0 Å². The van der Waals surface area contributed by atoms with Gasteiger partial charge in [0.25, 0.3) is 0 Å². The molecule has 0 aromatic heterocycles. The summed E-state index contributed by atoms with van der Waals surface area (Å²) >= 11 is 0. The highest BCUT2D eigenvalue weighted by atomic mass is 16.5. The molecule has 0 aliphatic carbocycles. The number of likely N-dealkylation sites (tertiary alicyclic amines) is 1. The number of nitrogens with zero attached hydrogens (tertiary/aromatic N) is 1. The van der Waals surface area contributed by atoms with Crippen LogP contribution in [-0.2, 0) is 16.1 Å². The van der Waals surface area contributed by atoms with Gasteiger partial charge in [-0.25, -0.2) is 0 Å². The van der Waals surface area contributed by atoms with Gasteiger partial charge in [0.05, 0.1) is 12.7 Å². The zero-order chi connectivity index (χ0) is 15.2. The van der Waals surface area contributed by atoms with Crippen molar-refractivity contribution in [3.05, 3.63) is 35.4 Å². The molecule has 0 saturated carbocycles. The van der Waals surface area contributed by atoms with E-state index in [0.717, 1.165) is 25.9 Å². The van der Waals surface area contributed by atoms with Crippen LogP contribution in [0.25, 0.3) is 0 Å². The van der Waals surface area contributed by atoms with Gasteiger partial charge in [0, 0.05) is 19.5 Å². The highest BCUT2D eigenvalue weighted by molar-refractivity contribution is 5.76. The Morgan fingerprint density at radius 2 is 2.24 bits per heavy atom. The fourth-order valence-electron chi connectivity index (χ4n) is 2.80. The summed E-state index contributed by atoms with van der Waals surface area (Å²) in [5, 5.41) is 0. The Morgan fingerprint density at radius 3 is 2.95 bits per heavy atom. The van der Waals surface area contributed by atoms with E-state index in [0.29, 0.717) is 18.9 Å². The molecule has 1 fully saturated rings. The number of benzene rings is 1. The monoisotopic (exact) mass is 289 g/mol. The number of rotatable bonds is 5. The first-order valence-electron chi connectivity index (χ1n) is 7.99. The minimum atomic E-state index is 0.176. The van der Waals surface area contributed by atoms with E-state index in [-0.39, 0.29) is 12.0 Å². The molecule has 1 aliphatic rings. The van der Waals surface area contributed by atoms with Gasteiger partial charge in [-0.1, -0.05) is 43.7 Å². The average Bonchev–Trinajstić information content (AvgIpc) is 2.45. The number of amides is 1. The Balaban J connectivity index is 1.82. The van der Waals surface area contributed by atoms with Crippen LogP contribution in [-0.4, -0.2) is 30.0 Å². The molecule has 0 N–H and O–H groups in total. The molecule has 3 heteroatoms. The minimum Gasteiger partial charge on any atom is -0.372 e. The lowest BCUT2D eigenvalue weighted by molar-refractivity contribution is -0.136. The molecular formula is C18H27NO2. The van der Waals surface area contributed by atoms with Crippen LogP contribution in [0.2, 0.25) is 0 Å². The van der Waals surface area contributed by atoms with Gasteiger partial charge >= 0.3 is 0 Å². The second kappa shape index (κ2) is 7.60. The predicted octanol–water partition coefficient (Wildman–Crippen LogP) is 3.55. The topological polar surface area (TPSA) is 29.5 Å². The van der Waals surface area contributed by atoms with Crippen molar-refractivity contribution < 1.29 is 9.53 Å². The van der Waals surface area contributed by atoms with Gasteiger partial charge < -0.3 is 9.64 Å². The van der Waals surface area contributed by atoms with Crippen LogP contribution in [0.5, 0.6) is 0 Å². The molecule has 0 radical (unpaired) electrons. The number of carbonyl (C=O) groups is 1. The van der Waals surface area contributed by atoms with Crippen molar-refractivity contribution in [1.29, 1.82) is 0 Å². The molecule has 1 saturated heterocycles. The Labute approximate surface area is 128 Å². The maximum Gasteiger partial charge on any atom is 0.222 e. The van der Waals surface area contributed by atoms with Crippen molar-refractivity contribution in [3.63, 3.8) is 0 Å². The van der Waals surface area contributed by atoms with E-state index in [1.54, 1.807) is 0 Å². The van der Waals surface area contributed by atoms with Crippen molar-refractivity contribution in [3.8, 4) is 0 Å². The smallest absolute Gasteiger partial charge is 0.222 e. The summed E-state index contributed by atoms with van der Waals surface area (Å²) in [5.74, 6) is 0.694. The van der Waals surface area contributed by atoms with Crippen molar-refractivity contribution in [1.82, 2.24) is 4.90 Å². The zero-order valence-electron chi connectivity index (χ0n) is 13.5. The summed E-state index contributed by atoms with van der Waals surface area (Å²) in [4.78, 5) is 14.1. The largest absolute Gasteiger partial charge is 0.372 e. The van der Waals surface area contributed by atoms with Gasteiger partial charge in [-0.2, -0.15) is 0 Å². The maximum absolute atomic E-state index is 12.1. The molecule has 1 atom stereocenters. The third kappa shape index (κ3) is 5.16. The quantitative estimate of drug-likeness (QED) is 0.829. The van der Waals surface area contributed by atoms with Crippen molar-refractivity contribution in [2.45, 2.75) is 52.7 Å². The van der Waals surface area contributed by atoms with Crippen molar-refractivity contribution >= 4 is 5.91 Å². The predicted molar refractivity (Wildman–Crippen MR) is 85.0 cm³/mol. The van der Waals surface area contributed by atoms with E-state index < -0.39 is 0 Å². The second-order valence-electron chi connectivity index (χ2n) is 6.50. The summed E-state index contributed by atoms with van der Waals surface area (Å²) < 4.78 is 6.02. The van der Waals surface area contributed by atoms with Crippen LogP contribution in [0.15, 0.2) is 24.3 Å². The first-order chi connectivity index (χ1) is 10.0. The van der Waals surface area contributed by atoms with Gasteiger partial charge in [-0.3, -0.25) is 4.79 Å². The average molecular weight is 289 g/mol. The molecular weight excluding hydrogens is 262 g/mol. The fourth-order valence-corrected chi connectivity index (χ4v) is 2.80. The third-order valence-electron chi connectivity index (χ3n) is 3.88. The summed E-state index contributed by atoms with van der Waals surface area (Å²) in [7, 11) is 0. The Kier molecular flexibility index (Phi) is 5.80. The van der Waals surface area contributed by atoms with Crippen LogP contribution in [0.4, 0.5) is 0 Å². The maximum atomic E-state index is 12.1. The van der Waals surface area contributed by atoms with Gasteiger partial charge in [0.2, 0.25) is 5.91 Å². The van der Waals surface area contributed by atoms with Gasteiger partial charge in [-0.15, -0.1) is 0 Å². The molecule has 116 valence electrons. The SMILES string of the molecule is Cc1cccc(CO[C@H]2CCCN(C(=O)CC(C)C)C2)c1. The standard InChI is InChI=1S/C18H27NO2/c1-14(2)10-18(20)19-9-5-8-17(12-19)21-13-16-7-4-6-15(3)11-16/h4,6-7,11,14,17H,5,8-10,12-13H2,1-3H3/t17-/m0/s1. The molecule has 0 bridgehead atoms. The second-order valence-corrected chi connectivity index (χ2v) is 6.50. The molecule has 1 amide bonds. The van der Waals surface area contributed by atoms with E-state index in [4.69, 9.17) is 4.74 Å². The molecule has 1 aromatic rings. The molecule has 2 rings (SSSR count). The van der Waals surface area contributed by atoms with Crippen LogP contribution >= 0.6 is 0 Å². The Hall–Kier alpha value is -1.35. The number of carbonyl (C=O) groups excluding carboxylic acids is 1.